The monoisotopic (exact) mass is 221 g/mol. The van der Waals surface area contributed by atoms with Crippen LogP contribution < -0.4 is 5.73 Å². The summed E-state index contributed by atoms with van der Waals surface area (Å²) in [4.78, 5) is 10.7. The number of nitrogens with two attached hydrogens (primary N) is 1. The van der Waals surface area contributed by atoms with Crippen molar-refractivity contribution in [2.24, 2.45) is 23.0 Å². The highest BCUT2D eigenvalue weighted by Crippen LogP contribution is 2.46. The Bertz CT molecular complexity index is 198. The summed E-state index contributed by atoms with van der Waals surface area (Å²) in [6.07, 6.45) is 2.17. The first-order valence-corrected chi connectivity index (χ1v) is 4.91. The van der Waals surface area contributed by atoms with E-state index in [9.17, 15) is 4.79 Å². The SMILES string of the molecule is C[C@H]1CC(CN)(CC(=O)O)C[C@@H]1C.Cl. The lowest BCUT2D eigenvalue weighted by molar-refractivity contribution is -0.139. The highest BCUT2D eigenvalue weighted by atomic mass is 35.5. The maximum Gasteiger partial charge on any atom is 0.303 e. The molecule has 0 unspecified atom stereocenters. The Morgan fingerprint density at radius 3 is 2.14 bits per heavy atom. The number of carboxylic acid groups (broad SMARTS) is 1. The lowest BCUT2D eigenvalue weighted by Gasteiger charge is -2.25. The number of rotatable bonds is 3. The smallest absolute Gasteiger partial charge is 0.303 e. The summed E-state index contributed by atoms with van der Waals surface area (Å²) >= 11 is 0. The van der Waals surface area contributed by atoms with Gasteiger partial charge in [-0.15, -0.1) is 12.4 Å². The maximum atomic E-state index is 10.7. The topological polar surface area (TPSA) is 63.3 Å². The van der Waals surface area contributed by atoms with Gasteiger partial charge in [-0.25, -0.2) is 0 Å². The van der Waals surface area contributed by atoms with Crippen molar-refractivity contribution < 1.29 is 9.90 Å². The Balaban J connectivity index is 0.00000169. The number of halogens is 1. The van der Waals surface area contributed by atoms with Crippen LogP contribution in [0.4, 0.5) is 0 Å². The number of aliphatic carboxylic acids is 1. The molecular formula is C10H20ClNO2. The van der Waals surface area contributed by atoms with Crippen molar-refractivity contribution in [3.63, 3.8) is 0 Å². The second-order valence-electron chi connectivity index (χ2n) is 4.64. The van der Waals surface area contributed by atoms with Gasteiger partial charge in [-0.3, -0.25) is 4.79 Å². The van der Waals surface area contributed by atoms with E-state index in [0.717, 1.165) is 12.8 Å². The Kier molecular flexibility index (Phi) is 4.89. The molecule has 1 fully saturated rings. The average Bonchev–Trinajstić information content (AvgIpc) is 2.27. The zero-order chi connectivity index (χ0) is 10.1. The van der Waals surface area contributed by atoms with Crippen LogP contribution in [-0.4, -0.2) is 17.6 Å². The third-order valence-corrected chi connectivity index (χ3v) is 3.44. The van der Waals surface area contributed by atoms with Crippen molar-refractivity contribution in [2.75, 3.05) is 6.54 Å². The fourth-order valence-corrected chi connectivity index (χ4v) is 2.56. The van der Waals surface area contributed by atoms with Gasteiger partial charge in [-0.2, -0.15) is 0 Å². The second-order valence-corrected chi connectivity index (χ2v) is 4.64. The van der Waals surface area contributed by atoms with Crippen LogP contribution in [0.15, 0.2) is 0 Å². The maximum absolute atomic E-state index is 10.7. The van der Waals surface area contributed by atoms with Crippen molar-refractivity contribution in [3.8, 4) is 0 Å². The van der Waals surface area contributed by atoms with Crippen molar-refractivity contribution in [3.05, 3.63) is 0 Å². The number of hydrogen-bond acceptors (Lipinski definition) is 2. The average molecular weight is 222 g/mol. The van der Waals surface area contributed by atoms with Gasteiger partial charge < -0.3 is 10.8 Å². The first kappa shape index (κ1) is 13.7. The van der Waals surface area contributed by atoms with Crippen LogP contribution in [0, 0.1) is 17.3 Å². The molecule has 0 aromatic rings. The van der Waals surface area contributed by atoms with Crippen LogP contribution in [0.25, 0.3) is 0 Å². The molecule has 0 bridgehead atoms. The molecule has 14 heavy (non-hydrogen) atoms. The summed E-state index contributed by atoms with van der Waals surface area (Å²) in [5.74, 6) is 0.512. The molecule has 4 heteroatoms. The van der Waals surface area contributed by atoms with Crippen LogP contribution in [0.2, 0.25) is 0 Å². The third kappa shape index (κ3) is 2.85. The first-order chi connectivity index (χ1) is 5.99. The summed E-state index contributed by atoms with van der Waals surface area (Å²) in [6.45, 7) is 4.88. The summed E-state index contributed by atoms with van der Waals surface area (Å²) in [5.41, 5.74) is 5.56. The first-order valence-electron chi connectivity index (χ1n) is 4.91. The van der Waals surface area contributed by atoms with Crippen LogP contribution in [-0.2, 0) is 4.79 Å². The van der Waals surface area contributed by atoms with E-state index in [-0.39, 0.29) is 24.2 Å². The van der Waals surface area contributed by atoms with E-state index in [4.69, 9.17) is 10.8 Å². The number of carboxylic acids is 1. The van der Waals surface area contributed by atoms with E-state index in [1.807, 2.05) is 0 Å². The highest BCUT2D eigenvalue weighted by Gasteiger charge is 2.41. The summed E-state index contributed by atoms with van der Waals surface area (Å²) < 4.78 is 0. The molecule has 1 aliphatic rings. The molecule has 0 heterocycles. The fraction of sp³-hybridized carbons (Fsp3) is 0.900. The molecule has 3 nitrogen and oxygen atoms in total. The van der Waals surface area contributed by atoms with Crippen LogP contribution in [0.1, 0.15) is 33.1 Å². The predicted octanol–water partition coefficient (Wildman–Crippen LogP) is 1.89. The predicted molar refractivity (Wildman–Crippen MR) is 58.6 cm³/mol. The minimum absolute atomic E-state index is 0. The van der Waals surface area contributed by atoms with Gasteiger partial charge in [0.1, 0.15) is 0 Å². The normalized spacial score (nSPS) is 29.6. The van der Waals surface area contributed by atoms with E-state index in [0.29, 0.717) is 18.4 Å². The van der Waals surface area contributed by atoms with Gasteiger partial charge in [0.25, 0.3) is 0 Å². The van der Waals surface area contributed by atoms with Gasteiger partial charge in [-0.05, 0) is 36.6 Å². The molecule has 0 radical (unpaired) electrons. The lowest BCUT2D eigenvalue weighted by atomic mass is 9.82. The zero-order valence-electron chi connectivity index (χ0n) is 8.82. The Morgan fingerprint density at radius 2 is 1.86 bits per heavy atom. The van der Waals surface area contributed by atoms with Crippen molar-refractivity contribution in [2.45, 2.75) is 33.1 Å². The van der Waals surface area contributed by atoms with E-state index < -0.39 is 5.97 Å². The quantitative estimate of drug-likeness (QED) is 0.765. The van der Waals surface area contributed by atoms with Gasteiger partial charge in [0.05, 0.1) is 6.42 Å². The Hall–Kier alpha value is -0.280. The standard InChI is InChI=1S/C10H19NO2.ClH/c1-7-3-10(6-11,4-8(7)2)5-9(12)13;/h7-8H,3-6,11H2,1-2H3,(H,12,13);1H/t7-,8-;/m0./s1. The van der Waals surface area contributed by atoms with Crippen LogP contribution in [0.3, 0.4) is 0 Å². The molecule has 0 spiro atoms. The highest BCUT2D eigenvalue weighted by molar-refractivity contribution is 5.85. The van der Waals surface area contributed by atoms with Crippen LogP contribution >= 0.6 is 12.4 Å². The van der Waals surface area contributed by atoms with Gasteiger partial charge in [-0.1, -0.05) is 13.8 Å². The summed E-state index contributed by atoms with van der Waals surface area (Å²) in [5, 5.41) is 8.79. The minimum atomic E-state index is -0.716. The molecule has 1 aliphatic carbocycles. The molecular weight excluding hydrogens is 202 g/mol. The molecule has 2 atom stereocenters. The van der Waals surface area contributed by atoms with E-state index >= 15 is 0 Å². The van der Waals surface area contributed by atoms with Crippen molar-refractivity contribution >= 4 is 18.4 Å². The van der Waals surface area contributed by atoms with Crippen molar-refractivity contribution in [1.82, 2.24) is 0 Å². The van der Waals surface area contributed by atoms with Gasteiger partial charge in [0, 0.05) is 0 Å². The fourth-order valence-electron chi connectivity index (χ4n) is 2.56. The molecule has 1 saturated carbocycles. The molecule has 1 rings (SSSR count). The number of hydrogen-bond donors (Lipinski definition) is 2. The van der Waals surface area contributed by atoms with E-state index in [1.165, 1.54) is 0 Å². The van der Waals surface area contributed by atoms with Gasteiger partial charge >= 0.3 is 5.97 Å². The Morgan fingerprint density at radius 1 is 1.43 bits per heavy atom. The van der Waals surface area contributed by atoms with Gasteiger partial charge in [0.15, 0.2) is 0 Å². The molecule has 3 N–H and O–H groups in total. The molecule has 84 valence electrons. The molecule has 0 amide bonds. The second kappa shape index (κ2) is 4.99. The Labute approximate surface area is 91.5 Å². The number of carbonyl (C=O) groups is 1. The van der Waals surface area contributed by atoms with Gasteiger partial charge in [0.2, 0.25) is 0 Å². The molecule has 0 aromatic heterocycles. The molecule has 0 aliphatic heterocycles. The van der Waals surface area contributed by atoms with Crippen molar-refractivity contribution in [1.29, 1.82) is 0 Å². The summed E-state index contributed by atoms with van der Waals surface area (Å²) in [6, 6.07) is 0. The minimum Gasteiger partial charge on any atom is -0.481 e. The van der Waals surface area contributed by atoms with E-state index in [2.05, 4.69) is 13.8 Å². The lowest BCUT2D eigenvalue weighted by Crippen LogP contribution is -2.30. The van der Waals surface area contributed by atoms with E-state index in [1.54, 1.807) is 0 Å². The summed E-state index contributed by atoms with van der Waals surface area (Å²) in [7, 11) is 0. The largest absolute Gasteiger partial charge is 0.481 e. The molecule has 0 saturated heterocycles. The third-order valence-electron chi connectivity index (χ3n) is 3.44. The zero-order valence-corrected chi connectivity index (χ0v) is 9.64. The van der Waals surface area contributed by atoms with Crippen LogP contribution in [0.5, 0.6) is 0 Å². The molecule has 0 aromatic carbocycles.